The Labute approximate surface area is 114 Å². The maximum Gasteiger partial charge on any atom is 0.322 e. The van der Waals surface area contributed by atoms with Crippen molar-refractivity contribution in [3.63, 3.8) is 0 Å². The molecule has 0 saturated heterocycles. The van der Waals surface area contributed by atoms with E-state index in [4.69, 9.17) is 9.47 Å². The van der Waals surface area contributed by atoms with Crippen molar-refractivity contribution in [3.8, 4) is 11.5 Å². The number of carbonyl (C=O) groups is 1. The van der Waals surface area contributed by atoms with Gasteiger partial charge < -0.3 is 19.5 Å². The molecule has 0 saturated carbocycles. The summed E-state index contributed by atoms with van der Waals surface area (Å²) in [7, 11) is 1.37. The summed E-state index contributed by atoms with van der Waals surface area (Å²) in [5.74, 6) is 1.17. The molecular weight excluding hydrogens is 302 g/mol. The Morgan fingerprint density at radius 3 is 2.83 bits per heavy atom. The number of hydrogen-bond acceptors (Lipinski definition) is 5. The third-order valence-electron chi connectivity index (χ3n) is 2.70. The molecule has 1 aliphatic heterocycles. The first-order chi connectivity index (χ1) is 8.61. The minimum Gasteiger partial charge on any atom is -0.468 e. The smallest absolute Gasteiger partial charge is 0.322 e. The minimum absolute atomic E-state index is 0.247. The molecule has 1 atom stereocenters. The van der Waals surface area contributed by atoms with Crippen molar-refractivity contribution in [1.29, 1.82) is 0 Å². The molecule has 1 heterocycles. The molecule has 1 aromatic rings. The van der Waals surface area contributed by atoms with Gasteiger partial charge in [0.05, 0.1) is 7.11 Å². The van der Waals surface area contributed by atoms with Crippen molar-refractivity contribution in [3.05, 3.63) is 22.2 Å². The molecule has 0 unspecified atom stereocenters. The lowest BCUT2D eigenvalue weighted by atomic mass is 10.2. The lowest BCUT2D eigenvalue weighted by Crippen LogP contribution is -2.34. The molecule has 0 radical (unpaired) electrons. The fourth-order valence-electron chi connectivity index (χ4n) is 1.62. The summed E-state index contributed by atoms with van der Waals surface area (Å²) in [6, 6.07) is 3.40. The van der Waals surface area contributed by atoms with Crippen LogP contribution in [0.15, 0.2) is 16.6 Å². The first-order valence-corrected chi connectivity index (χ1v) is 6.30. The van der Waals surface area contributed by atoms with Gasteiger partial charge in [-0.2, -0.15) is 0 Å². The summed E-state index contributed by atoms with van der Waals surface area (Å²) >= 11 is 3.46. The van der Waals surface area contributed by atoms with Crippen molar-refractivity contribution < 1.29 is 19.0 Å². The number of benzene rings is 1. The molecule has 5 nitrogen and oxygen atoms in total. The van der Waals surface area contributed by atoms with Crippen LogP contribution < -0.4 is 14.8 Å². The normalized spacial score (nSPS) is 14.4. The Bertz CT molecular complexity index is 464. The van der Waals surface area contributed by atoms with E-state index in [2.05, 4.69) is 26.0 Å². The third-order valence-corrected chi connectivity index (χ3v) is 3.43. The topological polar surface area (TPSA) is 56.8 Å². The van der Waals surface area contributed by atoms with Gasteiger partial charge in [-0.05, 0) is 24.6 Å². The van der Waals surface area contributed by atoms with Gasteiger partial charge in [0.2, 0.25) is 6.79 Å². The number of halogens is 1. The number of rotatable bonds is 4. The van der Waals surface area contributed by atoms with Gasteiger partial charge in [-0.25, -0.2) is 0 Å². The zero-order valence-corrected chi connectivity index (χ0v) is 11.7. The molecule has 0 aromatic heterocycles. The van der Waals surface area contributed by atoms with Crippen LogP contribution in [0.3, 0.4) is 0 Å². The van der Waals surface area contributed by atoms with Crippen molar-refractivity contribution in [2.24, 2.45) is 0 Å². The van der Waals surface area contributed by atoms with Gasteiger partial charge in [0.1, 0.15) is 6.04 Å². The summed E-state index contributed by atoms with van der Waals surface area (Å²) in [5, 5.41) is 3.08. The van der Waals surface area contributed by atoms with E-state index in [9.17, 15) is 4.79 Å². The van der Waals surface area contributed by atoms with Crippen LogP contribution in [0, 0.1) is 0 Å². The van der Waals surface area contributed by atoms with Crippen LogP contribution in [0.1, 0.15) is 12.5 Å². The number of hydrogen-bond donors (Lipinski definition) is 1. The average Bonchev–Trinajstić information content (AvgIpc) is 2.81. The molecule has 2 rings (SSSR count). The number of methoxy groups -OCH3 is 1. The lowest BCUT2D eigenvalue weighted by molar-refractivity contribution is -0.142. The van der Waals surface area contributed by atoms with Crippen molar-refractivity contribution in [2.45, 2.75) is 19.5 Å². The number of nitrogens with one attached hydrogen (secondary N) is 1. The molecule has 0 bridgehead atoms. The molecule has 0 amide bonds. The zero-order chi connectivity index (χ0) is 13.1. The molecule has 1 N–H and O–H groups in total. The molecule has 1 aromatic carbocycles. The van der Waals surface area contributed by atoms with Crippen LogP contribution >= 0.6 is 15.9 Å². The predicted molar refractivity (Wildman–Crippen MR) is 68.6 cm³/mol. The van der Waals surface area contributed by atoms with Crippen LogP contribution in [0.4, 0.5) is 0 Å². The maximum atomic E-state index is 11.3. The second-order valence-corrected chi connectivity index (χ2v) is 4.78. The first-order valence-electron chi connectivity index (χ1n) is 5.51. The Kier molecular flexibility index (Phi) is 4.08. The largest absolute Gasteiger partial charge is 0.468 e. The lowest BCUT2D eigenvalue weighted by Gasteiger charge is -2.12. The van der Waals surface area contributed by atoms with E-state index in [1.165, 1.54) is 7.11 Å². The molecule has 18 heavy (non-hydrogen) atoms. The number of fused-ring (bicyclic) bond motifs is 1. The van der Waals surface area contributed by atoms with E-state index >= 15 is 0 Å². The van der Waals surface area contributed by atoms with Crippen LogP contribution in [0.2, 0.25) is 0 Å². The van der Waals surface area contributed by atoms with E-state index in [-0.39, 0.29) is 18.8 Å². The fraction of sp³-hybridized carbons (Fsp3) is 0.417. The van der Waals surface area contributed by atoms with Gasteiger partial charge >= 0.3 is 5.97 Å². The Hall–Kier alpha value is -1.27. The van der Waals surface area contributed by atoms with Gasteiger partial charge in [-0.3, -0.25) is 4.79 Å². The van der Waals surface area contributed by atoms with Gasteiger partial charge in [0.15, 0.2) is 11.5 Å². The molecular formula is C12H14BrNO4. The Morgan fingerprint density at radius 1 is 1.50 bits per heavy atom. The van der Waals surface area contributed by atoms with Crippen LogP contribution in [-0.4, -0.2) is 25.9 Å². The summed E-state index contributed by atoms with van der Waals surface area (Å²) < 4.78 is 16.1. The summed E-state index contributed by atoms with van der Waals surface area (Å²) in [4.78, 5) is 11.3. The molecule has 0 fully saturated rings. The highest BCUT2D eigenvalue weighted by atomic mass is 79.9. The average molecular weight is 316 g/mol. The third kappa shape index (κ3) is 2.76. The molecule has 0 aliphatic carbocycles. The zero-order valence-electron chi connectivity index (χ0n) is 10.2. The summed E-state index contributed by atoms with van der Waals surface area (Å²) in [6.45, 7) is 2.54. The fourth-order valence-corrected chi connectivity index (χ4v) is 2.08. The van der Waals surface area contributed by atoms with Gasteiger partial charge in [-0.15, -0.1) is 0 Å². The summed E-state index contributed by atoms with van der Waals surface area (Å²) in [5.41, 5.74) is 0.995. The van der Waals surface area contributed by atoms with Gasteiger partial charge in [0, 0.05) is 11.0 Å². The SMILES string of the molecule is COC(=O)[C@@H](C)NCc1cc2c(cc1Br)OCO2. The standard InChI is InChI=1S/C12H14BrNO4/c1-7(12(15)16-2)14-5-8-3-10-11(4-9(8)13)18-6-17-10/h3-4,7,14H,5-6H2,1-2H3/t7-/m1/s1. The van der Waals surface area contributed by atoms with Gasteiger partial charge in [-0.1, -0.05) is 15.9 Å². The van der Waals surface area contributed by atoms with E-state index in [0.29, 0.717) is 6.54 Å². The second kappa shape index (κ2) is 5.58. The highest BCUT2D eigenvalue weighted by molar-refractivity contribution is 9.10. The van der Waals surface area contributed by atoms with Gasteiger partial charge in [0.25, 0.3) is 0 Å². The molecule has 6 heteroatoms. The van der Waals surface area contributed by atoms with Crippen molar-refractivity contribution >= 4 is 21.9 Å². The van der Waals surface area contributed by atoms with Crippen LogP contribution in [-0.2, 0) is 16.1 Å². The second-order valence-electron chi connectivity index (χ2n) is 3.92. The highest BCUT2D eigenvalue weighted by Gasteiger charge is 2.17. The number of esters is 1. The highest BCUT2D eigenvalue weighted by Crippen LogP contribution is 2.36. The van der Waals surface area contributed by atoms with Crippen LogP contribution in [0.25, 0.3) is 0 Å². The number of ether oxygens (including phenoxy) is 3. The maximum absolute atomic E-state index is 11.3. The molecule has 0 spiro atoms. The minimum atomic E-state index is -0.354. The van der Waals surface area contributed by atoms with E-state index in [0.717, 1.165) is 21.5 Å². The van der Waals surface area contributed by atoms with E-state index in [1.807, 2.05) is 12.1 Å². The monoisotopic (exact) mass is 315 g/mol. The first kappa shape index (κ1) is 13.2. The number of carbonyl (C=O) groups excluding carboxylic acids is 1. The van der Waals surface area contributed by atoms with Crippen LogP contribution in [0.5, 0.6) is 11.5 Å². The quantitative estimate of drug-likeness (QED) is 0.859. The predicted octanol–water partition coefficient (Wildman–Crippen LogP) is 1.83. The molecule has 1 aliphatic rings. The molecule has 98 valence electrons. The Balaban J connectivity index is 2.04. The van der Waals surface area contributed by atoms with Crippen molar-refractivity contribution in [1.82, 2.24) is 5.32 Å². The Morgan fingerprint density at radius 2 is 2.17 bits per heavy atom. The van der Waals surface area contributed by atoms with E-state index < -0.39 is 0 Å². The summed E-state index contributed by atoms with van der Waals surface area (Å²) in [6.07, 6.45) is 0. The van der Waals surface area contributed by atoms with Crippen molar-refractivity contribution in [2.75, 3.05) is 13.9 Å². The van der Waals surface area contributed by atoms with E-state index in [1.54, 1.807) is 6.92 Å².